The lowest BCUT2D eigenvalue weighted by atomic mass is 10.2. The molecule has 87 valence electrons. The minimum atomic E-state index is 0.111. The predicted molar refractivity (Wildman–Crippen MR) is 63.2 cm³/mol. The van der Waals surface area contributed by atoms with Crippen molar-refractivity contribution in [3.8, 4) is 0 Å². The highest BCUT2D eigenvalue weighted by molar-refractivity contribution is 4.43. The summed E-state index contributed by atoms with van der Waals surface area (Å²) in [5.41, 5.74) is 0. The molecule has 0 aromatic carbocycles. The van der Waals surface area contributed by atoms with Crippen molar-refractivity contribution in [1.29, 1.82) is 0 Å². The van der Waals surface area contributed by atoms with Crippen molar-refractivity contribution in [2.45, 2.75) is 53.4 Å². The second-order valence-corrected chi connectivity index (χ2v) is 3.38. The smallest absolute Gasteiger partial charge is 0.0822 e. The lowest BCUT2D eigenvalue weighted by molar-refractivity contribution is 0.186. The quantitative estimate of drug-likeness (QED) is 0.581. The van der Waals surface area contributed by atoms with E-state index in [9.17, 15) is 5.11 Å². The van der Waals surface area contributed by atoms with Crippen LogP contribution in [-0.4, -0.2) is 31.1 Å². The third kappa shape index (κ3) is 14.4. The van der Waals surface area contributed by atoms with E-state index in [1.165, 1.54) is 32.5 Å². The average molecular weight is 202 g/mol. The largest absolute Gasteiger partial charge is 0.304 e. The molecule has 0 rings (SSSR count). The maximum atomic E-state index is 9.80. The number of nitrogens with zero attached hydrogens (tertiary/aromatic N) is 1. The Bertz CT molecular complexity index is 72.9. The summed E-state index contributed by atoms with van der Waals surface area (Å²) in [5.74, 6) is 0. The molecule has 0 saturated carbocycles. The van der Waals surface area contributed by atoms with Gasteiger partial charge in [0.05, 0.1) is 6.61 Å². The van der Waals surface area contributed by atoms with E-state index in [0.29, 0.717) is 0 Å². The summed E-state index contributed by atoms with van der Waals surface area (Å²) in [4.78, 5) is 2.38. The van der Waals surface area contributed by atoms with Gasteiger partial charge in [0.2, 0.25) is 0 Å². The van der Waals surface area contributed by atoms with Gasteiger partial charge in [0.15, 0.2) is 0 Å². The van der Waals surface area contributed by atoms with Crippen molar-refractivity contribution in [3.05, 3.63) is 0 Å². The molecule has 0 aliphatic carbocycles. The number of rotatable bonds is 7. The van der Waals surface area contributed by atoms with E-state index in [4.69, 9.17) is 0 Å². The summed E-state index contributed by atoms with van der Waals surface area (Å²) in [7, 11) is 0. The van der Waals surface area contributed by atoms with Crippen LogP contribution < -0.4 is 0 Å². The highest BCUT2D eigenvalue weighted by Crippen LogP contribution is 1.96. The highest BCUT2D eigenvalue weighted by Gasteiger charge is 1.89. The van der Waals surface area contributed by atoms with E-state index in [0.717, 1.165) is 12.8 Å². The SMILES string of the molecule is CCCCCC[O].CCN(CC)CC. The van der Waals surface area contributed by atoms with Crippen molar-refractivity contribution in [1.82, 2.24) is 4.90 Å². The highest BCUT2D eigenvalue weighted by atomic mass is 16.2. The van der Waals surface area contributed by atoms with Gasteiger partial charge in [0.1, 0.15) is 0 Å². The summed E-state index contributed by atoms with van der Waals surface area (Å²) in [6.45, 7) is 12.4. The number of unbranched alkanes of at least 4 members (excludes halogenated alkanes) is 3. The molecule has 14 heavy (non-hydrogen) atoms. The van der Waals surface area contributed by atoms with Gasteiger partial charge in [-0.3, -0.25) is 0 Å². The monoisotopic (exact) mass is 202 g/mol. The van der Waals surface area contributed by atoms with Gasteiger partial charge in [-0.05, 0) is 26.1 Å². The average Bonchev–Trinajstić information content (AvgIpc) is 2.22. The van der Waals surface area contributed by atoms with E-state index >= 15 is 0 Å². The molecule has 0 atom stereocenters. The molecule has 0 aliphatic rings. The summed E-state index contributed by atoms with van der Waals surface area (Å²) >= 11 is 0. The third-order valence-electron chi connectivity index (χ3n) is 2.34. The normalized spacial score (nSPS) is 9.86. The van der Waals surface area contributed by atoms with E-state index in [1.54, 1.807) is 0 Å². The van der Waals surface area contributed by atoms with Crippen molar-refractivity contribution >= 4 is 0 Å². The molecule has 2 nitrogen and oxygen atoms in total. The molecule has 0 bridgehead atoms. The van der Waals surface area contributed by atoms with Gasteiger partial charge in [0, 0.05) is 0 Å². The first kappa shape index (κ1) is 16.4. The maximum Gasteiger partial charge on any atom is 0.0822 e. The first-order chi connectivity index (χ1) is 6.76. The first-order valence-corrected chi connectivity index (χ1v) is 6.07. The van der Waals surface area contributed by atoms with Crippen LogP contribution in [0.2, 0.25) is 0 Å². The molecular formula is C12H28NO. The van der Waals surface area contributed by atoms with Crippen molar-refractivity contribution in [2.75, 3.05) is 26.2 Å². The molecule has 0 aliphatic heterocycles. The fraction of sp³-hybridized carbons (Fsp3) is 1.00. The van der Waals surface area contributed by atoms with Gasteiger partial charge in [-0.1, -0.05) is 47.0 Å². The lowest BCUT2D eigenvalue weighted by Crippen LogP contribution is -2.21. The zero-order chi connectivity index (χ0) is 11.2. The van der Waals surface area contributed by atoms with Crippen molar-refractivity contribution < 1.29 is 5.11 Å². The first-order valence-electron chi connectivity index (χ1n) is 6.07. The number of hydrogen-bond acceptors (Lipinski definition) is 1. The Balaban J connectivity index is 0. The molecular weight excluding hydrogens is 174 g/mol. The van der Waals surface area contributed by atoms with Gasteiger partial charge in [0.25, 0.3) is 0 Å². The molecule has 0 fully saturated rings. The Kier molecular flexibility index (Phi) is 18.0. The molecule has 0 unspecified atom stereocenters. The van der Waals surface area contributed by atoms with Crippen LogP contribution in [0.5, 0.6) is 0 Å². The van der Waals surface area contributed by atoms with Crippen LogP contribution in [0.4, 0.5) is 0 Å². The molecule has 2 heteroatoms. The molecule has 0 N–H and O–H groups in total. The second-order valence-electron chi connectivity index (χ2n) is 3.38. The van der Waals surface area contributed by atoms with Crippen LogP contribution >= 0.6 is 0 Å². The molecule has 0 aromatic heterocycles. The standard InChI is InChI=1S/C6H15N.C6H13O/c1-4-7(5-2)6-3;1-2-3-4-5-6-7/h4-6H2,1-3H3;2-6H2,1H3. The Hall–Kier alpha value is -0.0800. The minimum absolute atomic E-state index is 0.111. The third-order valence-corrected chi connectivity index (χ3v) is 2.34. The van der Waals surface area contributed by atoms with E-state index in [2.05, 4.69) is 32.6 Å². The topological polar surface area (TPSA) is 23.1 Å². The summed E-state index contributed by atoms with van der Waals surface area (Å²) < 4.78 is 0. The fourth-order valence-electron chi connectivity index (χ4n) is 1.20. The van der Waals surface area contributed by atoms with Gasteiger partial charge < -0.3 is 4.90 Å². The zero-order valence-electron chi connectivity index (χ0n) is 10.5. The molecule has 0 saturated heterocycles. The van der Waals surface area contributed by atoms with Crippen molar-refractivity contribution in [3.63, 3.8) is 0 Å². The molecule has 0 aromatic rings. The minimum Gasteiger partial charge on any atom is -0.304 e. The Morgan fingerprint density at radius 1 is 0.786 bits per heavy atom. The second kappa shape index (κ2) is 15.4. The summed E-state index contributed by atoms with van der Waals surface area (Å²) in [6, 6.07) is 0. The van der Waals surface area contributed by atoms with Crippen molar-refractivity contribution in [2.24, 2.45) is 0 Å². The van der Waals surface area contributed by atoms with Gasteiger partial charge in [-0.25, -0.2) is 5.11 Å². The predicted octanol–water partition coefficient (Wildman–Crippen LogP) is 3.35. The Morgan fingerprint density at radius 2 is 1.29 bits per heavy atom. The van der Waals surface area contributed by atoms with Crippen LogP contribution in [-0.2, 0) is 5.11 Å². The van der Waals surface area contributed by atoms with E-state index in [-0.39, 0.29) is 6.61 Å². The van der Waals surface area contributed by atoms with Gasteiger partial charge >= 0.3 is 0 Å². The van der Waals surface area contributed by atoms with E-state index in [1.807, 2.05) is 0 Å². The Labute approximate surface area is 90.3 Å². The van der Waals surface area contributed by atoms with Crippen LogP contribution in [0.1, 0.15) is 53.4 Å². The maximum absolute atomic E-state index is 9.80. The fourth-order valence-corrected chi connectivity index (χ4v) is 1.20. The zero-order valence-corrected chi connectivity index (χ0v) is 10.5. The van der Waals surface area contributed by atoms with Crippen LogP contribution in [0.25, 0.3) is 0 Å². The molecule has 0 amide bonds. The molecule has 0 heterocycles. The lowest BCUT2D eigenvalue weighted by Gasteiger charge is -2.13. The van der Waals surface area contributed by atoms with Crippen LogP contribution in [0.15, 0.2) is 0 Å². The van der Waals surface area contributed by atoms with Crippen LogP contribution in [0, 0.1) is 0 Å². The summed E-state index contributed by atoms with van der Waals surface area (Å²) in [6.07, 6.45) is 4.44. The van der Waals surface area contributed by atoms with E-state index < -0.39 is 0 Å². The molecule has 0 spiro atoms. The molecule has 1 radical (unpaired) electrons. The summed E-state index contributed by atoms with van der Waals surface area (Å²) in [5, 5.41) is 9.80. The van der Waals surface area contributed by atoms with Gasteiger partial charge in [-0.2, -0.15) is 0 Å². The Morgan fingerprint density at radius 3 is 1.50 bits per heavy atom. The van der Waals surface area contributed by atoms with Crippen LogP contribution in [0.3, 0.4) is 0 Å². The number of hydrogen-bond donors (Lipinski definition) is 0. The van der Waals surface area contributed by atoms with Gasteiger partial charge in [-0.15, -0.1) is 0 Å².